The van der Waals surface area contributed by atoms with Gasteiger partial charge in [0.2, 0.25) is 0 Å². The van der Waals surface area contributed by atoms with Gasteiger partial charge in [0.15, 0.2) is 5.75 Å². The highest BCUT2D eigenvalue weighted by molar-refractivity contribution is 7.99. The maximum Gasteiger partial charge on any atom is 0.161 e. The average molecular weight is 326 g/mol. The topological polar surface area (TPSA) is 39.1 Å². The number of thioether (sulfide) groups is 1. The zero-order valence-corrected chi connectivity index (χ0v) is 14.0. The van der Waals surface area contributed by atoms with Crippen molar-refractivity contribution in [3.63, 3.8) is 0 Å². The molecule has 0 aliphatic heterocycles. The summed E-state index contributed by atoms with van der Waals surface area (Å²) in [6.07, 6.45) is 1.77. The number of nitrogens with one attached hydrogen (secondary N) is 1. The van der Waals surface area contributed by atoms with Crippen LogP contribution in [0, 0.1) is 0 Å². The molecule has 0 aliphatic rings. The summed E-state index contributed by atoms with van der Waals surface area (Å²) in [4.78, 5) is 1.08. The van der Waals surface area contributed by atoms with Gasteiger partial charge in [0.05, 0.1) is 30.1 Å². The number of nitrogens with zero attached hydrogens (tertiary/aromatic N) is 2. The molecule has 1 heterocycles. The van der Waals surface area contributed by atoms with Crippen molar-refractivity contribution >= 4 is 23.4 Å². The van der Waals surface area contributed by atoms with Gasteiger partial charge in [0, 0.05) is 17.2 Å². The number of hydrogen-bond acceptors (Lipinski definition) is 4. The van der Waals surface area contributed by atoms with Gasteiger partial charge < -0.3 is 10.1 Å². The first-order valence-electron chi connectivity index (χ1n) is 6.85. The molecule has 0 saturated heterocycles. The number of halogens is 1. The van der Waals surface area contributed by atoms with Crippen LogP contribution in [0.1, 0.15) is 18.7 Å². The Morgan fingerprint density at radius 1 is 1.43 bits per heavy atom. The molecule has 0 bridgehead atoms. The van der Waals surface area contributed by atoms with Crippen LogP contribution in [0.15, 0.2) is 35.4 Å². The fraction of sp³-hybridized carbons (Fsp3) is 0.400. The highest BCUT2D eigenvalue weighted by Gasteiger charge is 2.20. The summed E-state index contributed by atoms with van der Waals surface area (Å²) in [5.41, 5.74) is 1.07. The fourth-order valence-corrected chi connectivity index (χ4v) is 3.52. The van der Waals surface area contributed by atoms with Gasteiger partial charge in [-0.3, -0.25) is 4.68 Å². The maximum atomic E-state index is 6.21. The van der Waals surface area contributed by atoms with Gasteiger partial charge in [-0.2, -0.15) is 5.10 Å². The van der Waals surface area contributed by atoms with Gasteiger partial charge in [-0.25, -0.2) is 0 Å². The van der Waals surface area contributed by atoms with E-state index in [1.54, 1.807) is 25.1 Å². The largest absolute Gasteiger partial charge is 0.493 e. The quantitative estimate of drug-likeness (QED) is 0.789. The lowest BCUT2D eigenvalue weighted by molar-refractivity contribution is 0.399. The summed E-state index contributed by atoms with van der Waals surface area (Å²) >= 11 is 7.93. The highest BCUT2D eigenvalue weighted by Crippen LogP contribution is 2.32. The molecule has 6 heteroatoms. The summed E-state index contributed by atoms with van der Waals surface area (Å²) in [7, 11) is 3.62. The van der Waals surface area contributed by atoms with Crippen LogP contribution in [0.3, 0.4) is 0 Å². The predicted octanol–water partition coefficient (Wildman–Crippen LogP) is 3.62. The van der Waals surface area contributed by atoms with Crippen molar-refractivity contribution in [3.05, 3.63) is 41.2 Å². The lowest BCUT2D eigenvalue weighted by Gasteiger charge is -2.18. The Bertz CT molecular complexity index is 567. The van der Waals surface area contributed by atoms with Crippen LogP contribution >= 0.6 is 23.4 Å². The summed E-state index contributed by atoms with van der Waals surface area (Å²) < 4.78 is 7.39. The molecule has 0 spiro atoms. The Hall–Kier alpha value is -1.17. The van der Waals surface area contributed by atoms with Crippen molar-refractivity contribution in [2.75, 3.05) is 19.9 Å². The molecule has 0 aliphatic carbocycles. The van der Waals surface area contributed by atoms with Crippen molar-refractivity contribution in [1.29, 1.82) is 0 Å². The van der Waals surface area contributed by atoms with E-state index in [4.69, 9.17) is 16.3 Å². The molecule has 1 N–H and O–H groups in total. The molecule has 4 nitrogen and oxygen atoms in total. The standard InChI is InChI=1S/C15H20ClN3OS/c1-4-19-15(13(20-3)9-18-19)12(17-2)10-21-14-8-6-5-7-11(14)16/h5-9,12,17H,4,10H2,1-3H3. The van der Waals surface area contributed by atoms with Gasteiger partial charge >= 0.3 is 0 Å². The van der Waals surface area contributed by atoms with Crippen LogP contribution < -0.4 is 10.1 Å². The second-order valence-electron chi connectivity index (χ2n) is 4.50. The molecule has 1 aromatic carbocycles. The van der Waals surface area contributed by atoms with Gasteiger partial charge in [-0.1, -0.05) is 23.7 Å². The number of aromatic nitrogens is 2. The van der Waals surface area contributed by atoms with E-state index in [0.717, 1.165) is 33.7 Å². The van der Waals surface area contributed by atoms with Crippen LogP contribution in [0.2, 0.25) is 5.02 Å². The minimum absolute atomic E-state index is 0.142. The van der Waals surface area contributed by atoms with Crippen LogP contribution in [0.25, 0.3) is 0 Å². The number of rotatable bonds is 7. The molecule has 21 heavy (non-hydrogen) atoms. The monoisotopic (exact) mass is 325 g/mol. The number of ether oxygens (including phenoxy) is 1. The van der Waals surface area contributed by atoms with E-state index in [1.807, 2.05) is 36.0 Å². The third-order valence-corrected chi connectivity index (χ3v) is 4.89. The van der Waals surface area contributed by atoms with E-state index in [0.29, 0.717) is 0 Å². The Kier molecular flexibility index (Phi) is 5.96. The Morgan fingerprint density at radius 3 is 2.81 bits per heavy atom. The zero-order chi connectivity index (χ0) is 15.2. The minimum atomic E-state index is 0.142. The molecule has 0 amide bonds. The summed E-state index contributed by atoms with van der Waals surface area (Å²) in [5.74, 6) is 1.67. The summed E-state index contributed by atoms with van der Waals surface area (Å²) in [6.45, 7) is 2.89. The van der Waals surface area contributed by atoms with Gasteiger partial charge in [-0.05, 0) is 26.1 Å². The molecular weight excluding hydrogens is 306 g/mol. The van der Waals surface area contributed by atoms with Crippen LogP contribution in [-0.4, -0.2) is 29.7 Å². The van der Waals surface area contributed by atoms with Crippen molar-refractivity contribution in [3.8, 4) is 5.75 Å². The first-order valence-corrected chi connectivity index (χ1v) is 8.21. The Morgan fingerprint density at radius 2 is 2.19 bits per heavy atom. The molecule has 0 fully saturated rings. The average Bonchev–Trinajstić information content (AvgIpc) is 2.92. The van der Waals surface area contributed by atoms with Crippen molar-refractivity contribution in [2.45, 2.75) is 24.4 Å². The Balaban J connectivity index is 2.17. The van der Waals surface area contributed by atoms with E-state index >= 15 is 0 Å². The fourth-order valence-electron chi connectivity index (χ4n) is 2.17. The highest BCUT2D eigenvalue weighted by atomic mass is 35.5. The second-order valence-corrected chi connectivity index (χ2v) is 5.97. The molecule has 1 atom stereocenters. The van der Waals surface area contributed by atoms with E-state index in [9.17, 15) is 0 Å². The molecule has 0 radical (unpaired) electrons. The lowest BCUT2D eigenvalue weighted by atomic mass is 10.2. The van der Waals surface area contributed by atoms with Crippen molar-refractivity contribution in [2.24, 2.45) is 0 Å². The van der Waals surface area contributed by atoms with Crippen molar-refractivity contribution in [1.82, 2.24) is 15.1 Å². The predicted molar refractivity (Wildman–Crippen MR) is 88.4 cm³/mol. The third kappa shape index (κ3) is 3.73. The second kappa shape index (κ2) is 7.73. The SMILES string of the molecule is CCn1ncc(OC)c1C(CSc1ccccc1Cl)NC. The van der Waals surface area contributed by atoms with Crippen LogP contribution in [0.4, 0.5) is 0 Å². The minimum Gasteiger partial charge on any atom is -0.493 e. The molecule has 1 unspecified atom stereocenters. The number of hydrogen-bond donors (Lipinski definition) is 1. The van der Waals surface area contributed by atoms with Gasteiger partial charge in [-0.15, -0.1) is 11.8 Å². The van der Waals surface area contributed by atoms with Crippen LogP contribution in [0.5, 0.6) is 5.75 Å². The van der Waals surface area contributed by atoms with E-state index in [2.05, 4.69) is 17.3 Å². The normalized spacial score (nSPS) is 12.4. The van der Waals surface area contributed by atoms with E-state index in [-0.39, 0.29) is 6.04 Å². The molecule has 2 rings (SSSR count). The number of benzene rings is 1. The van der Waals surface area contributed by atoms with Gasteiger partial charge in [0.1, 0.15) is 0 Å². The first kappa shape index (κ1) is 16.2. The van der Waals surface area contributed by atoms with Gasteiger partial charge in [0.25, 0.3) is 0 Å². The van der Waals surface area contributed by atoms with E-state index < -0.39 is 0 Å². The number of methoxy groups -OCH3 is 1. The molecule has 2 aromatic rings. The molecular formula is C15H20ClN3OS. The zero-order valence-electron chi connectivity index (χ0n) is 12.5. The molecule has 0 saturated carbocycles. The maximum absolute atomic E-state index is 6.21. The third-order valence-electron chi connectivity index (χ3n) is 3.29. The molecule has 114 valence electrons. The van der Waals surface area contributed by atoms with Crippen molar-refractivity contribution < 1.29 is 4.74 Å². The molecule has 1 aromatic heterocycles. The Labute approximate surface area is 134 Å². The number of aryl methyl sites for hydroxylation is 1. The lowest BCUT2D eigenvalue weighted by Crippen LogP contribution is -2.23. The summed E-state index contributed by atoms with van der Waals surface area (Å²) in [6, 6.07) is 8.03. The summed E-state index contributed by atoms with van der Waals surface area (Å²) in [5, 5.41) is 8.49. The first-order chi connectivity index (χ1) is 10.2. The van der Waals surface area contributed by atoms with Crippen LogP contribution in [-0.2, 0) is 6.54 Å². The smallest absolute Gasteiger partial charge is 0.161 e. The van der Waals surface area contributed by atoms with E-state index in [1.165, 1.54) is 0 Å².